The number of hydrogen-bond donors (Lipinski definition) is 2. The van der Waals surface area contributed by atoms with Gasteiger partial charge in [0, 0.05) is 24.9 Å². The molecule has 1 heterocycles. The van der Waals surface area contributed by atoms with Crippen molar-refractivity contribution >= 4 is 17.8 Å². The minimum Gasteiger partial charge on any atom is -0.385 e. The average molecular weight is 344 g/mol. The fraction of sp³-hybridized carbons (Fsp3) is 0.562. The van der Waals surface area contributed by atoms with Crippen molar-refractivity contribution in [1.29, 1.82) is 0 Å². The number of urea groups is 1. The highest BCUT2D eigenvalue weighted by molar-refractivity contribution is 7.99. The highest BCUT2D eigenvalue weighted by atomic mass is 32.2. The van der Waals surface area contributed by atoms with Crippen LogP contribution in [-0.4, -0.2) is 47.2 Å². The Morgan fingerprint density at radius 1 is 1.39 bits per heavy atom. The predicted molar refractivity (Wildman–Crippen MR) is 87.4 cm³/mol. The zero-order valence-corrected chi connectivity index (χ0v) is 14.1. The van der Waals surface area contributed by atoms with Crippen molar-refractivity contribution in [2.75, 3.05) is 25.9 Å². The van der Waals surface area contributed by atoms with Gasteiger partial charge in [-0.3, -0.25) is 0 Å². The largest absolute Gasteiger partial charge is 0.385 e. The van der Waals surface area contributed by atoms with Crippen LogP contribution in [0, 0.1) is 11.6 Å². The summed E-state index contributed by atoms with van der Waals surface area (Å²) in [6.07, 6.45) is 2.19. The van der Waals surface area contributed by atoms with Crippen LogP contribution in [0.3, 0.4) is 0 Å². The Bertz CT molecular complexity index is 543. The molecule has 0 saturated carbocycles. The first-order chi connectivity index (χ1) is 10.9. The standard InChI is InChI=1S/C16H22F2N2O2S/c1-11(23-2)10-19-15(21)20-8-6-16(22,7-9-20)14-12(17)4-3-5-13(14)18/h3-5,11,22H,6-10H2,1-2H3,(H,19,21)/t11-/m1/s1. The Morgan fingerprint density at radius 3 is 2.48 bits per heavy atom. The third kappa shape index (κ3) is 4.14. The first-order valence-electron chi connectivity index (χ1n) is 7.60. The molecule has 1 aromatic rings. The van der Waals surface area contributed by atoms with Crippen molar-refractivity contribution in [3.8, 4) is 0 Å². The highest BCUT2D eigenvalue weighted by Gasteiger charge is 2.39. The monoisotopic (exact) mass is 344 g/mol. The number of hydrogen-bond acceptors (Lipinski definition) is 3. The minimum atomic E-state index is -1.57. The predicted octanol–water partition coefficient (Wildman–Crippen LogP) is 2.71. The molecule has 7 heteroatoms. The lowest BCUT2D eigenvalue weighted by molar-refractivity contribution is -0.0223. The van der Waals surface area contributed by atoms with Gasteiger partial charge in [-0.2, -0.15) is 11.8 Å². The number of carbonyl (C=O) groups is 1. The number of halogens is 2. The third-order valence-electron chi connectivity index (χ3n) is 4.25. The lowest BCUT2D eigenvalue weighted by atomic mass is 9.84. The second-order valence-electron chi connectivity index (χ2n) is 5.85. The molecular formula is C16H22F2N2O2S. The summed E-state index contributed by atoms with van der Waals surface area (Å²) in [5, 5.41) is 13.8. The summed E-state index contributed by atoms with van der Waals surface area (Å²) >= 11 is 1.66. The van der Waals surface area contributed by atoms with Crippen LogP contribution in [0.2, 0.25) is 0 Å². The molecule has 0 bridgehead atoms. The zero-order valence-electron chi connectivity index (χ0n) is 13.3. The molecule has 23 heavy (non-hydrogen) atoms. The van der Waals surface area contributed by atoms with Crippen LogP contribution >= 0.6 is 11.8 Å². The second kappa shape index (κ2) is 7.49. The summed E-state index contributed by atoms with van der Waals surface area (Å²) in [5.41, 5.74) is -1.87. The Morgan fingerprint density at radius 2 is 1.96 bits per heavy atom. The molecule has 0 aromatic heterocycles. The van der Waals surface area contributed by atoms with Crippen LogP contribution in [0.25, 0.3) is 0 Å². The molecule has 0 unspecified atom stereocenters. The van der Waals surface area contributed by atoms with E-state index in [0.29, 0.717) is 11.8 Å². The Kier molecular flexibility index (Phi) is 5.86. The zero-order chi connectivity index (χ0) is 17.0. The van der Waals surface area contributed by atoms with Gasteiger partial charge in [0.05, 0.1) is 11.2 Å². The maximum Gasteiger partial charge on any atom is 0.317 e. The maximum atomic E-state index is 13.9. The normalized spacial score (nSPS) is 18.6. The molecule has 128 valence electrons. The number of nitrogens with zero attached hydrogens (tertiary/aromatic N) is 1. The molecule has 0 aliphatic carbocycles. The SMILES string of the molecule is CS[C@H](C)CNC(=O)N1CCC(O)(c2c(F)cccc2F)CC1. The van der Waals surface area contributed by atoms with Crippen LogP contribution in [0.5, 0.6) is 0 Å². The first-order valence-corrected chi connectivity index (χ1v) is 8.88. The number of aliphatic hydroxyl groups is 1. The molecule has 0 radical (unpaired) electrons. The van der Waals surface area contributed by atoms with Crippen LogP contribution in [-0.2, 0) is 5.60 Å². The molecule has 2 N–H and O–H groups in total. The fourth-order valence-electron chi connectivity index (χ4n) is 2.70. The van der Waals surface area contributed by atoms with Crippen LogP contribution in [0.15, 0.2) is 18.2 Å². The van der Waals surface area contributed by atoms with E-state index in [1.807, 2.05) is 13.2 Å². The molecule has 4 nitrogen and oxygen atoms in total. The number of likely N-dealkylation sites (tertiary alicyclic amines) is 1. The van der Waals surface area contributed by atoms with E-state index in [1.165, 1.54) is 6.07 Å². The second-order valence-corrected chi connectivity index (χ2v) is 7.12. The topological polar surface area (TPSA) is 52.6 Å². The van der Waals surface area contributed by atoms with Gasteiger partial charge in [0.1, 0.15) is 11.6 Å². The number of carbonyl (C=O) groups excluding carboxylic acids is 1. The number of nitrogens with one attached hydrogen (secondary N) is 1. The molecular weight excluding hydrogens is 322 g/mol. The molecule has 1 fully saturated rings. The van der Waals surface area contributed by atoms with Gasteiger partial charge < -0.3 is 15.3 Å². The molecule has 1 atom stereocenters. The summed E-state index contributed by atoms with van der Waals surface area (Å²) in [5.74, 6) is -1.50. The van der Waals surface area contributed by atoms with E-state index in [1.54, 1.807) is 16.7 Å². The summed E-state index contributed by atoms with van der Waals surface area (Å²) < 4.78 is 27.8. The number of amides is 2. The van der Waals surface area contributed by atoms with E-state index >= 15 is 0 Å². The minimum absolute atomic E-state index is 0.107. The number of piperidine rings is 1. The van der Waals surface area contributed by atoms with Crippen molar-refractivity contribution in [3.63, 3.8) is 0 Å². The van der Waals surface area contributed by atoms with Gasteiger partial charge in [0.2, 0.25) is 0 Å². The Hall–Kier alpha value is -1.34. The van der Waals surface area contributed by atoms with E-state index in [2.05, 4.69) is 5.32 Å². The number of rotatable bonds is 4. The number of thioether (sulfide) groups is 1. The van der Waals surface area contributed by atoms with Crippen LogP contribution < -0.4 is 5.32 Å². The van der Waals surface area contributed by atoms with E-state index < -0.39 is 17.2 Å². The van der Waals surface area contributed by atoms with Gasteiger partial charge in [-0.05, 0) is 31.2 Å². The summed E-state index contributed by atoms with van der Waals surface area (Å²) in [4.78, 5) is 13.6. The van der Waals surface area contributed by atoms with Gasteiger partial charge in [-0.25, -0.2) is 13.6 Å². The fourth-order valence-corrected chi connectivity index (χ4v) is 2.95. The smallest absolute Gasteiger partial charge is 0.317 e. The highest BCUT2D eigenvalue weighted by Crippen LogP contribution is 2.35. The van der Waals surface area contributed by atoms with Crippen LogP contribution in [0.4, 0.5) is 13.6 Å². The van der Waals surface area contributed by atoms with Gasteiger partial charge in [0.15, 0.2) is 0 Å². The summed E-state index contributed by atoms with van der Waals surface area (Å²) in [7, 11) is 0. The lowest BCUT2D eigenvalue weighted by Gasteiger charge is -2.38. The van der Waals surface area contributed by atoms with Crippen molar-refractivity contribution < 1.29 is 18.7 Å². The summed E-state index contributed by atoms with van der Waals surface area (Å²) in [6, 6.07) is 3.34. The Labute approximate surface area is 139 Å². The van der Waals surface area contributed by atoms with Crippen molar-refractivity contribution in [3.05, 3.63) is 35.4 Å². The molecule has 2 amide bonds. The number of benzene rings is 1. The van der Waals surface area contributed by atoms with E-state index in [-0.39, 0.29) is 37.5 Å². The third-order valence-corrected chi connectivity index (χ3v) is 5.22. The van der Waals surface area contributed by atoms with Gasteiger partial charge >= 0.3 is 6.03 Å². The molecule has 1 aromatic carbocycles. The van der Waals surface area contributed by atoms with Gasteiger partial charge in [-0.15, -0.1) is 0 Å². The van der Waals surface area contributed by atoms with E-state index in [4.69, 9.17) is 0 Å². The molecule has 2 rings (SSSR count). The maximum absolute atomic E-state index is 13.9. The average Bonchev–Trinajstić information content (AvgIpc) is 2.52. The molecule has 0 spiro atoms. The molecule has 1 saturated heterocycles. The van der Waals surface area contributed by atoms with E-state index in [0.717, 1.165) is 12.1 Å². The molecule has 1 aliphatic heterocycles. The van der Waals surface area contributed by atoms with E-state index in [9.17, 15) is 18.7 Å². The first kappa shape index (κ1) is 18.0. The van der Waals surface area contributed by atoms with Crippen LogP contribution in [0.1, 0.15) is 25.3 Å². The van der Waals surface area contributed by atoms with Gasteiger partial charge in [-0.1, -0.05) is 13.0 Å². The van der Waals surface area contributed by atoms with Gasteiger partial charge in [0.25, 0.3) is 0 Å². The van der Waals surface area contributed by atoms with Crippen molar-refractivity contribution in [2.45, 2.75) is 30.6 Å². The lowest BCUT2D eigenvalue weighted by Crippen LogP contribution is -2.50. The molecule has 1 aliphatic rings. The van der Waals surface area contributed by atoms with Crippen molar-refractivity contribution in [1.82, 2.24) is 10.2 Å². The Balaban J connectivity index is 1.99. The quantitative estimate of drug-likeness (QED) is 0.883. The van der Waals surface area contributed by atoms with Crippen molar-refractivity contribution in [2.24, 2.45) is 0 Å². The summed E-state index contributed by atoms with van der Waals surface area (Å²) in [6.45, 7) is 3.08.